The zero-order chi connectivity index (χ0) is 21.5. The fourth-order valence-electron chi connectivity index (χ4n) is 3.50. The molecular weight excluding hydrogens is 424 g/mol. The molecule has 0 bridgehead atoms. The summed E-state index contributed by atoms with van der Waals surface area (Å²) >= 11 is 1.30. The number of thiophene rings is 1. The summed E-state index contributed by atoms with van der Waals surface area (Å²) in [6.07, 6.45) is 1.95. The monoisotopic (exact) mass is 448 g/mol. The van der Waals surface area contributed by atoms with Crippen molar-refractivity contribution in [1.29, 1.82) is 0 Å². The third kappa shape index (κ3) is 3.45. The minimum atomic E-state index is -3.51. The van der Waals surface area contributed by atoms with E-state index in [4.69, 9.17) is 0 Å². The van der Waals surface area contributed by atoms with E-state index >= 15 is 0 Å². The summed E-state index contributed by atoms with van der Waals surface area (Å²) in [7, 11) is -3.51. The lowest BCUT2D eigenvalue weighted by Crippen LogP contribution is -2.37. The first kappa shape index (κ1) is 20.7. The summed E-state index contributed by atoms with van der Waals surface area (Å²) in [6, 6.07) is 8.42. The van der Waals surface area contributed by atoms with Crippen molar-refractivity contribution in [3.8, 4) is 5.75 Å². The molecule has 0 amide bonds. The fourth-order valence-corrected chi connectivity index (χ4v) is 5.50. The van der Waals surface area contributed by atoms with Crippen molar-refractivity contribution < 1.29 is 14.2 Å². The SMILES string of the molecule is CCC(CC)CNn1c(=O)c(C2=NS(O)(O)c3ccccc3N2)c(O)c2sccc21. The summed E-state index contributed by atoms with van der Waals surface area (Å²) in [4.78, 5) is 13.6. The Balaban J connectivity index is 1.86. The minimum Gasteiger partial charge on any atom is -0.505 e. The molecule has 0 unspecified atom stereocenters. The van der Waals surface area contributed by atoms with Crippen LogP contribution < -0.4 is 16.3 Å². The first-order valence-corrected chi connectivity index (χ1v) is 12.1. The molecule has 3 heterocycles. The van der Waals surface area contributed by atoms with Crippen LogP contribution in [0.2, 0.25) is 0 Å². The van der Waals surface area contributed by atoms with Crippen LogP contribution >= 0.6 is 22.1 Å². The predicted octanol–water partition coefficient (Wildman–Crippen LogP) is 4.65. The molecule has 0 spiro atoms. The van der Waals surface area contributed by atoms with E-state index in [1.165, 1.54) is 16.0 Å². The minimum absolute atomic E-state index is 0.0652. The Bertz CT molecular complexity index is 1180. The Labute approximate surface area is 179 Å². The number of hydrogen-bond donors (Lipinski definition) is 5. The molecule has 8 nitrogen and oxygen atoms in total. The first-order valence-electron chi connectivity index (χ1n) is 9.71. The predicted molar refractivity (Wildman–Crippen MR) is 124 cm³/mol. The first-order chi connectivity index (χ1) is 14.4. The van der Waals surface area contributed by atoms with Gasteiger partial charge >= 0.3 is 0 Å². The molecule has 2 aromatic heterocycles. The van der Waals surface area contributed by atoms with E-state index in [0.29, 0.717) is 28.4 Å². The van der Waals surface area contributed by atoms with Gasteiger partial charge in [0.15, 0.2) is 11.6 Å². The van der Waals surface area contributed by atoms with E-state index in [1.807, 2.05) is 0 Å². The second-order valence-electron chi connectivity index (χ2n) is 7.12. The second-order valence-corrected chi connectivity index (χ2v) is 9.70. The van der Waals surface area contributed by atoms with Crippen molar-refractivity contribution in [3.63, 3.8) is 0 Å². The second kappa shape index (κ2) is 7.95. The number of amidine groups is 1. The van der Waals surface area contributed by atoms with Crippen molar-refractivity contribution in [1.82, 2.24) is 4.68 Å². The van der Waals surface area contributed by atoms with Crippen molar-refractivity contribution in [2.24, 2.45) is 10.3 Å². The van der Waals surface area contributed by atoms with Crippen molar-refractivity contribution in [2.75, 3.05) is 17.3 Å². The average Bonchev–Trinajstić information content (AvgIpc) is 3.20. The number of nitrogens with one attached hydrogen (secondary N) is 2. The van der Waals surface area contributed by atoms with E-state index in [-0.39, 0.29) is 22.0 Å². The molecule has 4 rings (SSSR count). The van der Waals surface area contributed by atoms with Crippen molar-refractivity contribution >= 4 is 43.9 Å². The molecule has 160 valence electrons. The van der Waals surface area contributed by atoms with E-state index in [1.54, 1.807) is 35.7 Å². The third-order valence-electron chi connectivity index (χ3n) is 5.34. The van der Waals surface area contributed by atoms with Gasteiger partial charge in [-0.2, -0.15) is 0 Å². The molecule has 3 aromatic rings. The smallest absolute Gasteiger partial charge is 0.284 e. The van der Waals surface area contributed by atoms with E-state index in [0.717, 1.165) is 12.8 Å². The molecule has 0 saturated heterocycles. The quantitative estimate of drug-likeness (QED) is 0.375. The molecule has 10 heteroatoms. The lowest BCUT2D eigenvalue weighted by atomic mass is 10.0. The van der Waals surface area contributed by atoms with Crippen LogP contribution in [0.1, 0.15) is 32.3 Å². The highest BCUT2D eigenvalue weighted by Crippen LogP contribution is 2.55. The number of pyridine rings is 1. The van der Waals surface area contributed by atoms with Gasteiger partial charge in [-0.15, -0.1) is 15.7 Å². The number of nitrogens with zero attached hydrogens (tertiary/aromatic N) is 2. The number of anilines is 1. The summed E-state index contributed by atoms with van der Waals surface area (Å²) in [5.41, 5.74) is 3.58. The van der Waals surface area contributed by atoms with Crippen LogP contribution in [0, 0.1) is 5.92 Å². The highest BCUT2D eigenvalue weighted by Gasteiger charge is 2.30. The molecule has 0 saturated carbocycles. The highest BCUT2D eigenvalue weighted by molar-refractivity contribution is 8.23. The number of hydrogen-bond acceptors (Lipinski definition) is 8. The molecular formula is C20H24N4O4S2. The third-order valence-corrected chi connectivity index (χ3v) is 7.63. The zero-order valence-electron chi connectivity index (χ0n) is 16.6. The molecule has 0 aliphatic carbocycles. The summed E-state index contributed by atoms with van der Waals surface area (Å²) in [5, 5.41) is 15.6. The Morgan fingerprint density at radius 1 is 1.23 bits per heavy atom. The number of rotatable bonds is 6. The van der Waals surface area contributed by atoms with Gasteiger partial charge in [-0.1, -0.05) is 49.6 Å². The van der Waals surface area contributed by atoms with Crippen molar-refractivity contribution in [2.45, 2.75) is 31.6 Å². The largest absolute Gasteiger partial charge is 0.505 e. The maximum absolute atomic E-state index is 13.4. The molecule has 30 heavy (non-hydrogen) atoms. The van der Waals surface area contributed by atoms with Crippen LogP contribution in [0.25, 0.3) is 10.2 Å². The maximum atomic E-state index is 13.4. The van der Waals surface area contributed by atoms with Gasteiger partial charge in [0.2, 0.25) is 0 Å². The van der Waals surface area contributed by atoms with Gasteiger partial charge in [-0.05, 0) is 29.5 Å². The summed E-state index contributed by atoms with van der Waals surface area (Å²) in [6.45, 7) is 4.80. The molecule has 1 aliphatic heterocycles. The van der Waals surface area contributed by atoms with E-state index < -0.39 is 16.3 Å². The van der Waals surface area contributed by atoms with Gasteiger partial charge in [0, 0.05) is 6.54 Å². The number of benzene rings is 1. The van der Waals surface area contributed by atoms with Crippen molar-refractivity contribution in [3.05, 3.63) is 51.6 Å². The van der Waals surface area contributed by atoms with Gasteiger partial charge in [-0.25, -0.2) is 4.68 Å². The summed E-state index contributed by atoms with van der Waals surface area (Å²) in [5.74, 6) is 0.0998. The van der Waals surface area contributed by atoms with E-state index in [9.17, 15) is 19.0 Å². The normalized spacial score (nSPS) is 16.1. The van der Waals surface area contributed by atoms with Gasteiger partial charge in [0.05, 0.1) is 15.9 Å². The number of aromatic nitrogens is 1. The van der Waals surface area contributed by atoms with Crippen LogP contribution in [0.15, 0.2) is 49.8 Å². The zero-order valence-corrected chi connectivity index (χ0v) is 18.3. The lowest BCUT2D eigenvalue weighted by molar-refractivity contribution is 0.477. The van der Waals surface area contributed by atoms with Gasteiger partial charge < -0.3 is 15.8 Å². The maximum Gasteiger partial charge on any atom is 0.284 e. The Hall–Kier alpha value is -2.53. The number of aromatic hydroxyl groups is 1. The molecule has 0 radical (unpaired) electrons. The van der Waals surface area contributed by atoms with Gasteiger partial charge in [0.25, 0.3) is 5.56 Å². The molecule has 1 aromatic carbocycles. The lowest BCUT2D eigenvalue weighted by Gasteiger charge is -2.34. The summed E-state index contributed by atoms with van der Waals surface area (Å²) < 4.78 is 27.0. The molecule has 5 N–H and O–H groups in total. The Kier molecular flexibility index (Phi) is 5.49. The average molecular weight is 449 g/mol. The van der Waals surface area contributed by atoms with E-state index in [2.05, 4.69) is 29.0 Å². The Morgan fingerprint density at radius 3 is 2.70 bits per heavy atom. The molecule has 1 aliphatic rings. The topological polar surface area (TPSA) is 119 Å². The highest BCUT2D eigenvalue weighted by atomic mass is 32.3. The van der Waals surface area contributed by atoms with Crippen LogP contribution in [0.3, 0.4) is 0 Å². The number of para-hydroxylation sites is 1. The van der Waals surface area contributed by atoms with Crippen LogP contribution in [0.4, 0.5) is 5.69 Å². The molecule has 0 atom stereocenters. The standard InChI is InChI=1S/C20H24N4O4S2/c1-3-12(4-2)11-21-24-14-9-10-29-18(14)17(25)16(20(24)26)19-22-13-7-5-6-8-15(13)30(27,28)23-19/h5-10,12,21,25,27-28H,3-4,11H2,1-2H3,(H,22,23). The Morgan fingerprint density at radius 2 is 1.97 bits per heavy atom. The van der Waals surface area contributed by atoms with Gasteiger partial charge in [0.1, 0.15) is 10.5 Å². The molecule has 0 fully saturated rings. The number of fused-ring (bicyclic) bond motifs is 2. The van der Waals surface area contributed by atoms with Crippen LogP contribution in [-0.2, 0) is 0 Å². The van der Waals surface area contributed by atoms with Crippen LogP contribution in [0.5, 0.6) is 5.75 Å². The fraction of sp³-hybridized carbons (Fsp3) is 0.300. The van der Waals surface area contributed by atoms with Crippen LogP contribution in [-0.4, -0.2) is 31.3 Å². The van der Waals surface area contributed by atoms with Gasteiger partial charge in [-0.3, -0.25) is 13.9 Å².